The molecule has 2 heterocycles. The van der Waals surface area contributed by atoms with Crippen LogP contribution in [0.5, 0.6) is 0 Å². The van der Waals surface area contributed by atoms with Crippen molar-refractivity contribution in [2.75, 3.05) is 0 Å². The van der Waals surface area contributed by atoms with Crippen LogP contribution in [0.4, 0.5) is 0 Å². The molecule has 1 aliphatic heterocycles. The second kappa shape index (κ2) is 5.58. The van der Waals surface area contributed by atoms with E-state index in [9.17, 15) is 9.59 Å². The summed E-state index contributed by atoms with van der Waals surface area (Å²) in [6.45, 7) is 1.91. The van der Waals surface area contributed by atoms with Gasteiger partial charge in [-0.05, 0) is 18.6 Å². The van der Waals surface area contributed by atoms with Gasteiger partial charge >= 0.3 is 0 Å². The van der Waals surface area contributed by atoms with Crippen molar-refractivity contribution in [2.24, 2.45) is 0 Å². The topological polar surface area (TPSA) is 59.1 Å². The van der Waals surface area contributed by atoms with E-state index in [0.29, 0.717) is 5.02 Å². The van der Waals surface area contributed by atoms with E-state index in [1.807, 2.05) is 30.5 Å². The lowest BCUT2D eigenvalue weighted by atomic mass is 9.79. The molecule has 21 heavy (non-hydrogen) atoms. The lowest BCUT2D eigenvalue weighted by molar-refractivity contribution is -0.135. The molecule has 1 aromatic heterocycles. The fourth-order valence-corrected chi connectivity index (χ4v) is 3.61. The number of hydrogen-bond donors (Lipinski definition) is 1. The number of rotatable bonds is 2. The Bertz CT molecular complexity index is 713. The minimum atomic E-state index is -0.488. The monoisotopic (exact) mass is 320 g/mol. The van der Waals surface area contributed by atoms with Crippen LogP contribution in [0.15, 0.2) is 29.6 Å². The quantitative estimate of drug-likeness (QED) is 0.865. The largest absolute Gasteiger partial charge is 0.296 e. The van der Waals surface area contributed by atoms with E-state index in [1.165, 1.54) is 11.3 Å². The average molecular weight is 321 g/mol. The van der Waals surface area contributed by atoms with Gasteiger partial charge in [0.15, 0.2) is 0 Å². The molecule has 3 rings (SSSR count). The molecule has 2 aromatic rings. The summed E-state index contributed by atoms with van der Waals surface area (Å²) >= 11 is 7.75. The lowest BCUT2D eigenvalue weighted by Gasteiger charge is -2.29. The molecule has 1 fully saturated rings. The first-order chi connectivity index (χ1) is 10.1. The minimum absolute atomic E-state index is 0.241. The summed E-state index contributed by atoms with van der Waals surface area (Å²) in [5.74, 6) is -1.33. The van der Waals surface area contributed by atoms with Crippen molar-refractivity contribution < 1.29 is 9.59 Å². The van der Waals surface area contributed by atoms with Crippen molar-refractivity contribution in [1.82, 2.24) is 10.3 Å². The molecule has 0 aliphatic carbocycles. The normalized spacial score (nSPS) is 22.2. The number of benzene rings is 1. The third kappa shape index (κ3) is 2.71. The minimum Gasteiger partial charge on any atom is -0.296 e. The number of aryl methyl sites for hydroxylation is 1. The van der Waals surface area contributed by atoms with Crippen LogP contribution < -0.4 is 5.32 Å². The Kier molecular flexibility index (Phi) is 3.78. The number of carbonyl (C=O) groups is 2. The number of nitrogens with one attached hydrogen (secondary N) is 1. The smallest absolute Gasteiger partial charge is 0.234 e. The number of halogens is 1. The zero-order valence-electron chi connectivity index (χ0n) is 11.3. The number of thiazole rings is 1. The van der Waals surface area contributed by atoms with Gasteiger partial charge in [0.05, 0.1) is 16.6 Å². The number of carbonyl (C=O) groups excluding carboxylic acids is 2. The molecule has 1 aliphatic rings. The highest BCUT2D eigenvalue weighted by Gasteiger charge is 2.39. The Hall–Kier alpha value is -1.72. The Morgan fingerprint density at radius 3 is 2.76 bits per heavy atom. The van der Waals surface area contributed by atoms with E-state index in [4.69, 9.17) is 11.6 Å². The maximum atomic E-state index is 12.3. The molecule has 2 amide bonds. The molecule has 0 spiro atoms. The van der Waals surface area contributed by atoms with Crippen LogP contribution in [0.2, 0.25) is 5.02 Å². The standard InChI is InChI=1S/C15H13ClN2O2S/c1-8-17-12(7-21-8)10-6-13(19)18-15(20)14(10)9-4-2-3-5-11(9)16/h2-5,7,10,14H,6H2,1H3,(H,18,19,20). The molecule has 0 saturated carbocycles. The SMILES string of the molecule is Cc1nc(C2CC(=O)NC(=O)C2c2ccccc2Cl)cs1. The molecule has 2 atom stereocenters. The number of amides is 2. The maximum absolute atomic E-state index is 12.3. The molecule has 1 aromatic carbocycles. The second-order valence-electron chi connectivity index (χ2n) is 5.01. The Labute approximate surface area is 131 Å². The second-order valence-corrected chi connectivity index (χ2v) is 6.48. The Morgan fingerprint density at radius 1 is 1.33 bits per heavy atom. The van der Waals surface area contributed by atoms with E-state index < -0.39 is 5.92 Å². The first-order valence-corrected chi connectivity index (χ1v) is 7.82. The van der Waals surface area contributed by atoms with Crippen molar-refractivity contribution in [3.05, 3.63) is 50.9 Å². The third-order valence-corrected chi connectivity index (χ3v) is 4.75. The zero-order chi connectivity index (χ0) is 15.0. The van der Waals surface area contributed by atoms with Crippen molar-refractivity contribution in [2.45, 2.75) is 25.2 Å². The van der Waals surface area contributed by atoms with Crippen molar-refractivity contribution in [3.63, 3.8) is 0 Å². The van der Waals surface area contributed by atoms with E-state index >= 15 is 0 Å². The van der Waals surface area contributed by atoms with Gasteiger partial charge in [-0.15, -0.1) is 11.3 Å². The molecule has 2 unspecified atom stereocenters. The molecule has 6 heteroatoms. The van der Waals surface area contributed by atoms with Gasteiger partial charge in [-0.1, -0.05) is 29.8 Å². The number of nitrogens with zero attached hydrogens (tertiary/aromatic N) is 1. The van der Waals surface area contributed by atoms with Crippen LogP contribution in [0.25, 0.3) is 0 Å². The summed E-state index contributed by atoms with van der Waals surface area (Å²) in [5, 5.41) is 5.76. The van der Waals surface area contributed by atoms with E-state index in [0.717, 1.165) is 16.3 Å². The first-order valence-electron chi connectivity index (χ1n) is 6.56. The molecule has 108 valence electrons. The predicted molar refractivity (Wildman–Crippen MR) is 81.6 cm³/mol. The van der Waals surface area contributed by atoms with Gasteiger partial charge in [-0.2, -0.15) is 0 Å². The molecule has 0 radical (unpaired) electrons. The van der Waals surface area contributed by atoms with Crippen LogP contribution in [0, 0.1) is 6.92 Å². The van der Waals surface area contributed by atoms with Gasteiger partial charge < -0.3 is 0 Å². The van der Waals surface area contributed by atoms with Crippen molar-refractivity contribution in [3.8, 4) is 0 Å². The fraction of sp³-hybridized carbons (Fsp3) is 0.267. The van der Waals surface area contributed by atoms with Gasteiger partial charge in [-0.25, -0.2) is 4.98 Å². The molecule has 1 saturated heterocycles. The molecular weight excluding hydrogens is 308 g/mol. The van der Waals surface area contributed by atoms with Crippen LogP contribution in [-0.2, 0) is 9.59 Å². The number of aromatic nitrogens is 1. The van der Waals surface area contributed by atoms with E-state index in [-0.39, 0.29) is 24.2 Å². The van der Waals surface area contributed by atoms with E-state index in [2.05, 4.69) is 10.3 Å². The van der Waals surface area contributed by atoms with Crippen molar-refractivity contribution in [1.29, 1.82) is 0 Å². The van der Waals surface area contributed by atoms with E-state index in [1.54, 1.807) is 6.07 Å². The number of piperidine rings is 1. The third-order valence-electron chi connectivity index (χ3n) is 3.61. The summed E-state index contributed by atoms with van der Waals surface area (Å²) in [7, 11) is 0. The van der Waals surface area contributed by atoms with Crippen molar-refractivity contribution >= 4 is 34.8 Å². The van der Waals surface area contributed by atoms with Crippen LogP contribution >= 0.6 is 22.9 Å². The van der Waals surface area contributed by atoms with Crippen LogP contribution in [-0.4, -0.2) is 16.8 Å². The number of imide groups is 1. The first kappa shape index (κ1) is 14.2. The molecule has 4 nitrogen and oxygen atoms in total. The van der Waals surface area contributed by atoms with Gasteiger partial charge in [-0.3, -0.25) is 14.9 Å². The summed E-state index contributed by atoms with van der Waals surface area (Å²) in [4.78, 5) is 28.5. The summed E-state index contributed by atoms with van der Waals surface area (Å²) < 4.78 is 0. The highest BCUT2D eigenvalue weighted by atomic mass is 35.5. The average Bonchev–Trinajstić information content (AvgIpc) is 2.86. The maximum Gasteiger partial charge on any atom is 0.234 e. The highest BCUT2D eigenvalue weighted by molar-refractivity contribution is 7.09. The number of hydrogen-bond acceptors (Lipinski definition) is 4. The molecule has 1 N–H and O–H groups in total. The Morgan fingerprint density at radius 2 is 2.10 bits per heavy atom. The van der Waals surface area contributed by atoms with Crippen LogP contribution in [0.1, 0.15) is 34.5 Å². The Balaban J connectivity index is 2.07. The summed E-state index contributed by atoms with van der Waals surface area (Å²) in [5.41, 5.74) is 1.52. The summed E-state index contributed by atoms with van der Waals surface area (Å²) in [6.07, 6.45) is 0.241. The molecular formula is C15H13ClN2O2S. The predicted octanol–water partition coefficient (Wildman–Crippen LogP) is 3.02. The fourth-order valence-electron chi connectivity index (χ4n) is 2.68. The van der Waals surface area contributed by atoms with Gasteiger partial charge in [0, 0.05) is 22.7 Å². The zero-order valence-corrected chi connectivity index (χ0v) is 12.9. The van der Waals surface area contributed by atoms with Gasteiger partial charge in [0.25, 0.3) is 0 Å². The van der Waals surface area contributed by atoms with Crippen LogP contribution in [0.3, 0.4) is 0 Å². The lowest BCUT2D eigenvalue weighted by Crippen LogP contribution is -2.43. The summed E-state index contributed by atoms with van der Waals surface area (Å²) in [6, 6.07) is 7.24. The van der Waals surface area contributed by atoms with Gasteiger partial charge in [0.2, 0.25) is 11.8 Å². The highest BCUT2D eigenvalue weighted by Crippen LogP contribution is 2.40. The van der Waals surface area contributed by atoms with Gasteiger partial charge in [0.1, 0.15) is 0 Å². The molecule has 0 bridgehead atoms.